The van der Waals surface area contributed by atoms with Gasteiger partial charge in [-0.25, -0.2) is 0 Å². The first-order chi connectivity index (χ1) is 9.27. The third-order valence-electron chi connectivity index (χ3n) is 2.87. The number of carbonyl (C=O) groups excluding carboxylic acids is 1. The van der Waals surface area contributed by atoms with Crippen molar-refractivity contribution >= 4 is 5.91 Å². The number of nitrogens with zero attached hydrogens (tertiary/aromatic N) is 1. The molecular formula is C14H18F3NO2. The van der Waals surface area contributed by atoms with Crippen LogP contribution in [0.3, 0.4) is 0 Å². The van der Waals surface area contributed by atoms with E-state index in [0.29, 0.717) is 6.61 Å². The van der Waals surface area contributed by atoms with Gasteiger partial charge in [-0.1, -0.05) is 18.2 Å². The van der Waals surface area contributed by atoms with E-state index in [1.165, 1.54) is 30.1 Å². The van der Waals surface area contributed by atoms with Crippen LogP contribution in [0.5, 0.6) is 0 Å². The van der Waals surface area contributed by atoms with Crippen molar-refractivity contribution in [1.82, 2.24) is 4.90 Å². The Kier molecular flexibility index (Phi) is 5.56. The van der Waals surface area contributed by atoms with Gasteiger partial charge in [-0.2, -0.15) is 13.2 Å². The maximum Gasteiger partial charge on any atom is 0.416 e. The Bertz CT molecular complexity index is 460. The Balaban J connectivity index is 2.86. The number of rotatable bonds is 5. The zero-order valence-electron chi connectivity index (χ0n) is 11.7. The molecule has 6 heteroatoms. The number of carbonyl (C=O) groups is 1. The molecule has 0 bridgehead atoms. The van der Waals surface area contributed by atoms with Crippen LogP contribution in [-0.2, 0) is 22.3 Å². The molecule has 0 saturated heterocycles. The van der Waals surface area contributed by atoms with E-state index in [9.17, 15) is 18.0 Å². The average Bonchev–Trinajstić information content (AvgIpc) is 2.37. The summed E-state index contributed by atoms with van der Waals surface area (Å²) in [6, 6.07) is 5.24. The Morgan fingerprint density at radius 2 is 1.95 bits per heavy atom. The van der Waals surface area contributed by atoms with Crippen molar-refractivity contribution in [3.05, 3.63) is 35.4 Å². The molecule has 0 aliphatic rings. The third kappa shape index (κ3) is 4.23. The minimum atomic E-state index is -4.42. The fourth-order valence-electron chi connectivity index (χ4n) is 1.90. The predicted octanol–water partition coefficient (Wildman–Crippen LogP) is 3.09. The van der Waals surface area contributed by atoms with Crippen LogP contribution in [0.15, 0.2) is 24.3 Å². The van der Waals surface area contributed by atoms with Crippen LogP contribution < -0.4 is 0 Å². The number of amides is 1. The quantitative estimate of drug-likeness (QED) is 0.833. The van der Waals surface area contributed by atoms with Gasteiger partial charge in [0.15, 0.2) is 0 Å². The van der Waals surface area contributed by atoms with E-state index in [1.54, 1.807) is 13.8 Å². The highest BCUT2D eigenvalue weighted by molar-refractivity contribution is 5.80. The molecule has 0 radical (unpaired) electrons. The lowest BCUT2D eigenvalue weighted by atomic mass is 10.1. The molecule has 0 aliphatic heterocycles. The molecule has 0 fully saturated rings. The summed E-state index contributed by atoms with van der Waals surface area (Å²) >= 11 is 0. The van der Waals surface area contributed by atoms with Gasteiger partial charge in [0.2, 0.25) is 0 Å². The Labute approximate surface area is 116 Å². The molecule has 0 saturated carbocycles. The SMILES string of the molecule is CCOC(C)C(=O)N(C)Cc1ccccc1C(F)(F)F. The number of benzene rings is 1. The molecule has 0 aliphatic carbocycles. The van der Waals surface area contributed by atoms with E-state index >= 15 is 0 Å². The summed E-state index contributed by atoms with van der Waals surface area (Å²) < 4.78 is 43.7. The molecule has 3 nitrogen and oxygen atoms in total. The van der Waals surface area contributed by atoms with Gasteiger partial charge in [-0.05, 0) is 25.5 Å². The summed E-state index contributed by atoms with van der Waals surface area (Å²) in [6.07, 6.45) is -5.09. The molecule has 1 rings (SSSR count). The minimum absolute atomic E-state index is 0.0690. The molecule has 1 aromatic carbocycles. The Morgan fingerprint density at radius 1 is 1.35 bits per heavy atom. The first kappa shape index (κ1) is 16.5. The molecule has 0 spiro atoms. The highest BCUT2D eigenvalue weighted by Crippen LogP contribution is 2.32. The minimum Gasteiger partial charge on any atom is -0.369 e. The number of hydrogen-bond acceptors (Lipinski definition) is 2. The van der Waals surface area contributed by atoms with Gasteiger partial charge < -0.3 is 9.64 Å². The molecule has 1 unspecified atom stereocenters. The summed E-state index contributed by atoms with van der Waals surface area (Å²) in [5.41, 5.74) is -0.650. The van der Waals surface area contributed by atoms with E-state index in [2.05, 4.69) is 0 Å². The zero-order valence-corrected chi connectivity index (χ0v) is 11.7. The molecule has 20 heavy (non-hydrogen) atoms. The monoisotopic (exact) mass is 289 g/mol. The van der Waals surface area contributed by atoms with E-state index in [0.717, 1.165) is 6.07 Å². The lowest BCUT2D eigenvalue weighted by molar-refractivity contribution is -0.143. The summed E-state index contributed by atoms with van der Waals surface area (Å²) in [6.45, 7) is 3.60. The van der Waals surface area contributed by atoms with Gasteiger partial charge >= 0.3 is 6.18 Å². The standard InChI is InChI=1S/C14H18F3NO2/c1-4-20-10(2)13(19)18(3)9-11-7-5-6-8-12(11)14(15,16)17/h5-8,10H,4,9H2,1-3H3. The molecule has 1 aromatic rings. The summed E-state index contributed by atoms with van der Waals surface area (Å²) in [5, 5.41) is 0. The van der Waals surface area contributed by atoms with Gasteiger partial charge in [0.25, 0.3) is 5.91 Å². The van der Waals surface area contributed by atoms with Crippen molar-refractivity contribution in [2.45, 2.75) is 32.7 Å². The first-order valence-corrected chi connectivity index (χ1v) is 6.29. The molecule has 0 heterocycles. The molecule has 0 N–H and O–H groups in total. The van der Waals surface area contributed by atoms with Crippen LogP contribution in [0.1, 0.15) is 25.0 Å². The second-order valence-electron chi connectivity index (χ2n) is 4.45. The van der Waals surface area contributed by atoms with Gasteiger partial charge in [-0.15, -0.1) is 0 Å². The Hall–Kier alpha value is -1.56. The van der Waals surface area contributed by atoms with Crippen molar-refractivity contribution in [2.24, 2.45) is 0 Å². The van der Waals surface area contributed by atoms with E-state index in [-0.39, 0.29) is 18.0 Å². The molecule has 1 atom stereocenters. The molecular weight excluding hydrogens is 271 g/mol. The van der Waals surface area contributed by atoms with Crippen LogP contribution in [-0.4, -0.2) is 30.6 Å². The highest BCUT2D eigenvalue weighted by atomic mass is 19.4. The second-order valence-corrected chi connectivity index (χ2v) is 4.45. The van der Waals surface area contributed by atoms with Gasteiger partial charge in [0.05, 0.1) is 5.56 Å². The fourth-order valence-corrected chi connectivity index (χ4v) is 1.90. The summed E-state index contributed by atoms with van der Waals surface area (Å²) in [7, 11) is 1.46. The van der Waals surface area contributed by atoms with Crippen molar-refractivity contribution in [2.75, 3.05) is 13.7 Å². The van der Waals surface area contributed by atoms with Crippen LogP contribution >= 0.6 is 0 Å². The smallest absolute Gasteiger partial charge is 0.369 e. The van der Waals surface area contributed by atoms with Gasteiger partial charge in [0.1, 0.15) is 6.10 Å². The van der Waals surface area contributed by atoms with E-state index in [1.807, 2.05) is 0 Å². The van der Waals surface area contributed by atoms with Crippen LogP contribution in [0.4, 0.5) is 13.2 Å². The van der Waals surface area contributed by atoms with Crippen LogP contribution in [0, 0.1) is 0 Å². The third-order valence-corrected chi connectivity index (χ3v) is 2.87. The number of likely N-dealkylation sites (N-methyl/N-ethyl adjacent to an activating group) is 1. The highest BCUT2D eigenvalue weighted by Gasteiger charge is 2.33. The summed E-state index contributed by atoms with van der Waals surface area (Å²) in [4.78, 5) is 13.2. The van der Waals surface area contributed by atoms with Gasteiger partial charge in [-0.3, -0.25) is 4.79 Å². The van der Waals surface area contributed by atoms with E-state index in [4.69, 9.17) is 4.74 Å². The predicted molar refractivity (Wildman–Crippen MR) is 69.0 cm³/mol. The van der Waals surface area contributed by atoms with Crippen LogP contribution in [0.2, 0.25) is 0 Å². The maximum absolute atomic E-state index is 12.9. The van der Waals surface area contributed by atoms with Crippen molar-refractivity contribution in [3.8, 4) is 0 Å². The molecule has 1 amide bonds. The fraction of sp³-hybridized carbons (Fsp3) is 0.500. The first-order valence-electron chi connectivity index (χ1n) is 6.29. The van der Waals surface area contributed by atoms with Crippen molar-refractivity contribution in [3.63, 3.8) is 0 Å². The normalized spacial score (nSPS) is 13.1. The largest absolute Gasteiger partial charge is 0.416 e. The lowest BCUT2D eigenvalue weighted by Crippen LogP contribution is -2.36. The summed E-state index contributed by atoms with van der Waals surface area (Å²) in [5.74, 6) is -0.344. The van der Waals surface area contributed by atoms with Crippen molar-refractivity contribution in [1.29, 1.82) is 0 Å². The zero-order chi connectivity index (χ0) is 15.3. The number of hydrogen-bond donors (Lipinski definition) is 0. The second kappa shape index (κ2) is 6.74. The molecule has 0 aromatic heterocycles. The van der Waals surface area contributed by atoms with Crippen molar-refractivity contribution < 1.29 is 22.7 Å². The number of alkyl halides is 3. The number of ether oxygens (including phenoxy) is 1. The molecule has 112 valence electrons. The van der Waals surface area contributed by atoms with Gasteiger partial charge in [0, 0.05) is 20.2 Å². The van der Waals surface area contributed by atoms with E-state index < -0.39 is 17.8 Å². The Morgan fingerprint density at radius 3 is 2.50 bits per heavy atom. The maximum atomic E-state index is 12.9. The topological polar surface area (TPSA) is 29.5 Å². The lowest BCUT2D eigenvalue weighted by Gasteiger charge is -2.23. The van der Waals surface area contributed by atoms with Crippen LogP contribution in [0.25, 0.3) is 0 Å². The average molecular weight is 289 g/mol. The number of halogens is 3.